The summed E-state index contributed by atoms with van der Waals surface area (Å²) in [4.78, 5) is 33.9. The molecule has 1 N–H and O–H groups in total. The van der Waals surface area contributed by atoms with Crippen LogP contribution in [0.15, 0.2) is 86.4 Å². The van der Waals surface area contributed by atoms with Gasteiger partial charge in [-0.25, -0.2) is 4.99 Å². The van der Waals surface area contributed by atoms with Crippen LogP contribution < -0.4 is 20.2 Å². The van der Waals surface area contributed by atoms with E-state index in [4.69, 9.17) is 0 Å². The number of hydrogen-bond donors (Lipinski definition) is 1. The van der Waals surface area contributed by atoms with E-state index in [-0.39, 0.29) is 11.5 Å². The first kappa shape index (κ1) is 19.9. The van der Waals surface area contributed by atoms with Crippen molar-refractivity contribution < 1.29 is 4.79 Å². The van der Waals surface area contributed by atoms with Crippen molar-refractivity contribution in [3.63, 3.8) is 0 Å². The molecule has 0 bridgehead atoms. The van der Waals surface area contributed by atoms with Crippen LogP contribution in [0.25, 0.3) is 6.08 Å². The monoisotopic (exact) mass is 463 g/mol. The Labute approximate surface area is 190 Å². The minimum atomic E-state index is -0.509. The maximum atomic E-state index is 13.4. The van der Waals surface area contributed by atoms with Gasteiger partial charge in [-0.05, 0) is 48.0 Å². The zero-order valence-electron chi connectivity index (χ0n) is 16.4. The summed E-state index contributed by atoms with van der Waals surface area (Å²) in [7, 11) is 0. The highest BCUT2D eigenvalue weighted by atomic mass is 32.1. The summed E-state index contributed by atoms with van der Waals surface area (Å²) in [6.45, 7) is 1.83. The molecule has 0 radical (unpaired) electrons. The topological polar surface area (TPSA) is 63.5 Å². The maximum Gasteiger partial charge on any atom is 0.271 e. The molecular weight excluding hydrogens is 446 g/mol. The standard InChI is InChI=1S/C23H17N3O2S3/c1-14-19(21(27)25-15-7-3-2-4-8-15)20(17-10-6-12-30-17)26-22(28)18(31-23(26)24-14)13-16-9-5-11-29-16/h2-13,20H,1H3,(H,25,27)/t20-/m1/s1. The third-order valence-electron chi connectivity index (χ3n) is 4.93. The summed E-state index contributed by atoms with van der Waals surface area (Å²) in [5.41, 5.74) is 1.68. The second kappa shape index (κ2) is 8.22. The van der Waals surface area contributed by atoms with Crippen LogP contribution in [0.4, 0.5) is 5.69 Å². The summed E-state index contributed by atoms with van der Waals surface area (Å²) in [5.74, 6) is -0.251. The van der Waals surface area contributed by atoms with E-state index >= 15 is 0 Å². The summed E-state index contributed by atoms with van der Waals surface area (Å²) < 4.78 is 2.27. The number of aromatic nitrogens is 1. The molecule has 8 heteroatoms. The number of para-hydroxylation sites is 1. The number of amides is 1. The SMILES string of the molecule is CC1=C(C(=O)Nc2ccccc2)[C@@H](c2cccs2)n2c(sc(=Cc3cccs3)c2=O)=N1. The van der Waals surface area contributed by atoms with E-state index in [1.54, 1.807) is 15.9 Å². The van der Waals surface area contributed by atoms with Crippen LogP contribution in [0.5, 0.6) is 0 Å². The van der Waals surface area contributed by atoms with Crippen molar-refractivity contribution in [1.82, 2.24) is 4.57 Å². The fourth-order valence-electron chi connectivity index (χ4n) is 3.55. The van der Waals surface area contributed by atoms with Crippen molar-refractivity contribution in [2.24, 2.45) is 4.99 Å². The summed E-state index contributed by atoms with van der Waals surface area (Å²) >= 11 is 4.46. The third kappa shape index (κ3) is 3.74. The molecule has 1 aliphatic rings. The number of thiazole rings is 1. The minimum Gasteiger partial charge on any atom is -0.322 e. The highest BCUT2D eigenvalue weighted by Crippen LogP contribution is 2.33. The molecule has 4 aromatic rings. The number of carbonyl (C=O) groups is 1. The molecule has 0 unspecified atom stereocenters. The van der Waals surface area contributed by atoms with Crippen molar-refractivity contribution in [2.45, 2.75) is 13.0 Å². The minimum absolute atomic E-state index is 0.131. The number of rotatable bonds is 4. The van der Waals surface area contributed by atoms with Crippen LogP contribution in [0.1, 0.15) is 22.7 Å². The average molecular weight is 464 g/mol. The molecule has 1 atom stereocenters. The second-order valence-corrected chi connectivity index (χ2v) is 9.90. The van der Waals surface area contributed by atoms with Crippen LogP contribution in [0, 0.1) is 0 Å². The Morgan fingerprint density at radius 3 is 2.55 bits per heavy atom. The van der Waals surface area contributed by atoms with E-state index in [1.165, 1.54) is 22.7 Å². The Kier molecular flexibility index (Phi) is 5.27. The van der Waals surface area contributed by atoms with Gasteiger partial charge in [0.05, 0.1) is 15.8 Å². The van der Waals surface area contributed by atoms with Crippen molar-refractivity contribution in [2.75, 3.05) is 5.32 Å². The zero-order valence-corrected chi connectivity index (χ0v) is 18.9. The highest BCUT2D eigenvalue weighted by Gasteiger charge is 2.33. The van der Waals surface area contributed by atoms with Gasteiger partial charge >= 0.3 is 0 Å². The molecular formula is C23H17N3O2S3. The van der Waals surface area contributed by atoms with Crippen LogP contribution >= 0.6 is 34.0 Å². The fraction of sp³-hybridized carbons (Fsp3) is 0.0870. The van der Waals surface area contributed by atoms with Gasteiger partial charge in [-0.2, -0.15) is 0 Å². The second-order valence-electron chi connectivity index (χ2n) is 6.93. The van der Waals surface area contributed by atoms with E-state index in [1.807, 2.05) is 78.4 Å². The van der Waals surface area contributed by atoms with Gasteiger partial charge in [0.2, 0.25) is 0 Å². The number of fused-ring (bicyclic) bond motifs is 1. The predicted molar refractivity (Wildman–Crippen MR) is 127 cm³/mol. The number of nitrogens with one attached hydrogen (secondary N) is 1. The van der Waals surface area contributed by atoms with E-state index < -0.39 is 6.04 Å². The van der Waals surface area contributed by atoms with Crippen LogP contribution in [-0.2, 0) is 4.79 Å². The molecule has 154 valence electrons. The molecule has 0 spiro atoms. The van der Waals surface area contributed by atoms with E-state index in [0.717, 1.165) is 9.75 Å². The van der Waals surface area contributed by atoms with Crippen molar-refractivity contribution in [3.8, 4) is 0 Å². The highest BCUT2D eigenvalue weighted by molar-refractivity contribution is 7.11. The van der Waals surface area contributed by atoms with Gasteiger partial charge < -0.3 is 5.32 Å². The smallest absolute Gasteiger partial charge is 0.271 e. The number of carbonyl (C=O) groups excluding carboxylic acids is 1. The molecule has 1 amide bonds. The van der Waals surface area contributed by atoms with Gasteiger partial charge in [0.15, 0.2) is 4.80 Å². The Morgan fingerprint density at radius 2 is 1.84 bits per heavy atom. The number of anilines is 1. The largest absolute Gasteiger partial charge is 0.322 e. The van der Waals surface area contributed by atoms with Gasteiger partial charge in [0.25, 0.3) is 11.5 Å². The lowest BCUT2D eigenvalue weighted by molar-refractivity contribution is -0.113. The van der Waals surface area contributed by atoms with E-state index in [2.05, 4.69) is 10.3 Å². The molecule has 3 aromatic heterocycles. The van der Waals surface area contributed by atoms with Gasteiger partial charge in [-0.3, -0.25) is 14.2 Å². The Hall–Kier alpha value is -3.07. The number of allylic oxidation sites excluding steroid dienone is 1. The van der Waals surface area contributed by atoms with Gasteiger partial charge in [-0.1, -0.05) is 41.7 Å². The molecule has 0 aliphatic carbocycles. The number of hydrogen-bond acceptors (Lipinski definition) is 6. The van der Waals surface area contributed by atoms with Crippen LogP contribution in [0.2, 0.25) is 0 Å². The molecule has 0 fully saturated rings. The van der Waals surface area contributed by atoms with Gasteiger partial charge in [0.1, 0.15) is 6.04 Å². The first-order chi connectivity index (χ1) is 15.1. The van der Waals surface area contributed by atoms with Crippen LogP contribution in [-0.4, -0.2) is 10.5 Å². The fourth-order valence-corrected chi connectivity index (χ4v) is 6.14. The average Bonchev–Trinajstić information content (AvgIpc) is 3.51. The Bertz CT molecular complexity index is 1440. The normalized spacial score (nSPS) is 16.2. The number of benzene rings is 1. The quantitative estimate of drug-likeness (QED) is 0.497. The molecule has 1 aromatic carbocycles. The number of nitrogens with zero attached hydrogens (tertiary/aromatic N) is 2. The zero-order chi connectivity index (χ0) is 21.4. The van der Waals surface area contributed by atoms with Crippen molar-refractivity contribution in [3.05, 3.63) is 106 Å². The lowest BCUT2D eigenvalue weighted by atomic mass is 10.0. The molecule has 5 rings (SSSR count). The molecule has 0 saturated carbocycles. The number of thiophene rings is 2. The lowest BCUT2D eigenvalue weighted by Gasteiger charge is -2.24. The van der Waals surface area contributed by atoms with Crippen LogP contribution in [0.3, 0.4) is 0 Å². The van der Waals surface area contributed by atoms with Crippen molar-refractivity contribution >= 4 is 51.7 Å². The molecule has 4 heterocycles. The molecule has 0 saturated heterocycles. The lowest BCUT2D eigenvalue weighted by Crippen LogP contribution is -2.40. The molecule has 1 aliphatic heterocycles. The Morgan fingerprint density at radius 1 is 1.06 bits per heavy atom. The first-order valence-corrected chi connectivity index (χ1v) is 12.2. The maximum absolute atomic E-state index is 13.4. The Balaban J connectivity index is 1.66. The summed E-state index contributed by atoms with van der Waals surface area (Å²) in [6, 6.07) is 16.6. The summed E-state index contributed by atoms with van der Waals surface area (Å²) in [5, 5.41) is 6.89. The summed E-state index contributed by atoms with van der Waals surface area (Å²) in [6.07, 6.45) is 1.89. The van der Waals surface area contributed by atoms with E-state index in [9.17, 15) is 9.59 Å². The predicted octanol–water partition coefficient (Wildman–Crippen LogP) is 4.00. The van der Waals surface area contributed by atoms with E-state index in [0.29, 0.717) is 26.3 Å². The van der Waals surface area contributed by atoms with Gasteiger partial charge in [0, 0.05) is 15.4 Å². The molecule has 5 nitrogen and oxygen atoms in total. The molecule has 31 heavy (non-hydrogen) atoms. The van der Waals surface area contributed by atoms with Crippen molar-refractivity contribution in [1.29, 1.82) is 0 Å². The van der Waals surface area contributed by atoms with Gasteiger partial charge in [-0.15, -0.1) is 22.7 Å². The first-order valence-electron chi connectivity index (χ1n) is 9.57. The third-order valence-corrected chi connectivity index (χ3v) is 7.65.